The van der Waals surface area contributed by atoms with Crippen LogP contribution in [0.4, 0.5) is 0 Å². The predicted molar refractivity (Wildman–Crippen MR) is 46.0 cm³/mol. The Kier molecular flexibility index (Phi) is 2.38. The van der Waals surface area contributed by atoms with Gasteiger partial charge in [-0.3, -0.25) is 0 Å². The van der Waals surface area contributed by atoms with Crippen molar-refractivity contribution >= 4 is 0 Å². The topological polar surface area (TPSA) is 0 Å². The molecule has 0 spiro atoms. The summed E-state index contributed by atoms with van der Waals surface area (Å²) in [5, 5.41) is 0. The molecule has 0 heterocycles. The highest BCUT2D eigenvalue weighted by molar-refractivity contribution is 4.78. The molecule has 1 aliphatic rings. The molecule has 0 aromatic rings. The molecular formula is C10H20. The largest absolute Gasteiger partial charge is 0.0651 e. The fourth-order valence-corrected chi connectivity index (χ4v) is 2.20. The minimum absolute atomic E-state index is 0.652. The Morgan fingerprint density at radius 1 is 1.40 bits per heavy atom. The molecule has 0 radical (unpaired) electrons. The molecule has 0 N–H and O–H groups in total. The van der Waals surface area contributed by atoms with E-state index in [1.54, 1.807) is 0 Å². The number of rotatable bonds is 1. The highest BCUT2D eigenvalue weighted by atomic mass is 14.3. The van der Waals surface area contributed by atoms with Crippen molar-refractivity contribution in [3.05, 3.63) is 0 Å². The lowest BCUT2D eigenvalue weighted by Gasteiger charge is -2.34. The van der Waals surface area contributed by atoms with Gasteiger partial charge in [-0.1, -0.05) is 40.0 Å². The van der Waals surface area contributed by atoms with Gasteiger partial charge in [0.25, 0.3) is 0 Å². The number of hydrogen-bond donors (Lipinski definition) is 0. The van der Waals surface area contributed by atoms with E-state index in [9.17, 15) is 0 Å². The zero-order valence-electron chi connectivity index (χ0n) is 7.61. The molecule has 1 saturated carbocycles. The van der Waals surface area contributed by atoms with E-state index in [1.807, 2.05) is 0 Å². The third-order valence-corrected chi connectivity index (χ3v) is 2.88. The van der Waals surface area contributed by atoms with Gasteiger partial charge in [0.2, 0.25) is 0 Å². The fraction of sp³-hybridized carbons (Fsp3) is 1.00. The Labute approximate surface area is 65.0 Å². The Morgan fingerprint density at radius 2 is 2.10 bits per heavy atom. The molecule has 1 unspecified atom stereocenters. The second-order valence-electron chi connectivity index (χ2n) is 4.53. The maximum Gasteiger partial charge on any atom is -0.0352 e. The van der Waals surface area contributed by atoms with Crippen molar-refractivity contribution in [2.45, 2.75) is 52.9 Å². The van der Waals surface area contributed by atoms with Gasteiger partial charge >= 0.3 is 0 Å². The van der Waals surface area contributed by atoms with Crippen LogP contribution in [-0.4, -0.2) is 0 Å². The third-order valence-electron chi connectivity index (χ3n) is 2.88. The molecule has 0 aliphatic heterocycles. The summed E-state index contributed by atoms with van der Waals surface area (Å²) in [5.41, 5.74) is 0.652. The quantitative estimate of drug-likeness (QED) is 0.522. The molecule has 0 nitrogen and oxygen atoms in total. The van der Waals surface area contributed by atoms with Crippen molar-refractivity contribution in [1.82, 2.24) is 0 Å². The van der Waals surface area contributed by atoms with E-state index in [4.69, 9.17) is 0 Å². The number of hydrogen-bond acceptors (Lipinski definition) is 0. The van der Waals surface area contributed by atoms with Crippen molar-refractivity contribution in [3.8, 4) is 0 Å². The molecule has 0 bridgehead atoms. The van der Waals surface area contributed by atoms with Crippen molar-refractivity contribution in [2.24, 2.45) is 11.3 Å². The first-order valence-corrected chi connectivity index (χ1v) is 4.64. The van der Waals surface area contributed by atoms with Gasteiger partial charge < -0.3 is 0 Å². The van der Waals surface area contributed by atoms with Gasteiger partial charge in [0.15, 0.2) is 0 Å². The van der Waals surface area contributed by atoms with Crippen molar-refractivity contribution in [2.75, 3.05) is 0 Å². The monoisotopic (exact) mass is 140 g/mol. The van der Waals surface area contributed by atoms with Gasteiger partial charge in [0.1, 0.15) is 0 Å². The Bertz CT molecular complexity index is 103. The fourth-order valence-electron chi connectivity index (χ4n) is 2.20. The van der Waals surface area contributed by atoms with E-state index in [2.05, 4.69) is 20.8 Å². The molecule has 0 amide bonds. The molecule has 1 atom stereocenters. The van der Waals surface area contributed by atoms with E-state index in [-0.39, 0.29) is 0 Å². The van der Waals surface area contributed by atoms with Crippen LogP contribution in [0.5, 0.6) is 0 Å². The first-order chi connectivity index (χ1) is 4.64. The van der Waals surface area contributed by atoms with Crippen LogP contribution >= 0.6 is 0 Å². The molecule has 1 aliphatic carbocycles. The van der Waals surface area contributed by atoms with Crippen LogP contribution < -0.4 is 0 Å². The average Bonchev–Trinajstić information content (AvgIpc) is 1.86. The van der Waals surface area contributed by atoms with Crippen LogP contribution in [0.15, 0.2) is 0 Å². The Balaban J connectivity index is 2.40. The maximum atomic E-state index is 2.41. The summed E-state index contributed by atoms with van der Waals surface area (Å²) in [5.74, 6) is 1.03. The van der Waals surface area contributed by atoms with E-state index >= 15 is 0 Å². The molecule has 0 aromatic carbocycles. The first-order valence-electron chi connectivity index (χ1n) is 4.64. The zero-order chi connectivity index (χ0) is 7.61. The Morgan fingerprint density at radius 3 is 2.50 bits per heavy atom. The van der Waals surface area contributed by atoms with Crippen molar-refractivity contribution in [1.29, 1.82) is 0 Å². The van der Waals surface area contributed by atoms with Crippen molar-refractivity contribution in [3.63, 3.8) is 0 Å². The predicted octanol–water partition coefficient (Wildman–Crippen LogP) is 3.61. The summed E-state index contributed by atoms with van der Waals surface area (Å²) in [4.78, 5) is 0. The van der Waals surface area contributed by atoms with E-state index in [0.717, 1.165) is 5.92 Å². The summed E-state index contributed by atoms with van der Waals surface area (Å²) in [6.45, 7) is 7.15. The smallest absolute Gasteiger partial charge is 0.0352 e. The summed E-state index contributed by atoms with van der Waals surface area (Å²) < 4.78 is 0. The SMILES string of the molecule is CCC1CCCC(C)(C)C1. The lowest BCUT2D eigenvalue weighted by molar-refractivity contribution is 0.177. The van der Waals surface area contributed by atoms with Crippen LogP contribution in [0, 0.1) is 11.3 Å². The van der Waals surface area contributed by atoms with E-state index in [0.29, 0.717) is 5.41 Å². The summed E-state index contributed by atoms with van der Waals surface area (Å²) >= 11 is 0. The second-order valence-corrected chi connectivity index (χ2v) is 4.53. The highest BCUT2D eigenvalue weighted by Gasteiger charge is 2.26. The first kappa shape index (κ1) is 8.10. The zero-order valence-corrected chi connectivity index (χ0v) is 7.61. The third kappa shape index (κ3) is 2.00. The minimum atomic E-state index is 0.652. The summed E-state index contributed by atoms with van der Waals surface area (Å²) in [7, 11) is 0. The van der Waals surface area contributed by atoms with Crippen LogP contribution in [0.3, 0.4) is 0 Å². The molecule has 0 aromatic heterocycles. The molecule has 1 rings (SSSR count). The molecular weight excluding hydrogens is 120 g/mol. The van der Waals surface area contributed by atoms with Crippen molar-refractivity contribution < 1.29 is 0 Å². The summed E-state index contributed by atoms with van der Waals surface area (Å²) in [6, 6.07) is 0. The van der Waals surface area contributed by atoms with Crippen LogP contribution in [0.2, 0.25) is 0 Å². The highest BCUT2D eigenvalue weighted by Crippen LogP contribution is 2.39. The maximum absolute atomic E-state index is 2.41. The van der Waals surface area contributed by atoms with E-state index < -0.39 is 0 Å². The summed E-state index contributed by atoms with van der Waals surface area (Å²) in [6.07, 6.45) is 7.25. The van der Waals surface area contributed by atoms with Crippen LogP contribution in [-0.2, 0) is 0 Å². The van der Waals surface area contributed by atoms with E-state index in [1.165, 1.54) is 32.1 Å². The lowest BCUT2D eigenvalue weighted by Crippen LogP contribution is -2.21. The standard InChI is InChI=1S/C10H20/c1-4-9-6-5-7-10(2,3)8-9/h9H,4-8H2,1-3H3. The van der Waals surface area contributed by atoms with Gasteiger partial charge in [-0.25, -0.2) is 0 Å². The van der Waals surface area contributed by atoms with Gasteiger partial charge in [-0.05, 0) is 24.2 Å². The van der Waals surface area contributed by atoms with Gasteiger partial charge in [-0.15, -0.1) is 0 Å². The normalized spacial score (nSPS) is 32.1. The minimum Gasteiger partial charge on any atom is -0.0651 e. The molecule has 60 valence electrons. The average molecular weight is 140 g/mol. The Hall–Kier alpha value is 0. The molecule has 0 heteroatoms. The van der Waals surface area contributed by atoms with Crippen LogP contribution in [0.25, 0.3) is 0 Å². The molecule has 0 saturated heterocycles. The van der Waals surface area contributed by atoms with Crippen LogP contribution in [0.1, 0.15) is 52.9 Å². The molecule has 1 fully saturated rings. The second kappa shape index (κ2) is 2.94. The lowest BCUT2D eigenvalue weighted by atomic mass is 9.71. The van der Waals surface area contributed by atoms with Gasteiger partial charge in [0, 0.05) is 0 Å². The molecule has 10 heavy (non-hydrogen) atoms. The van der Waals surface area contributed by atoms with Gasteiger partial charge in [0.05, 0.1) is 0 Å². The van der Waals surface area contributed by atoms with Gasteiger partial charge in [-0.2, -0.15) is 0 Å².